The molecule has 0 aliphatic rings. The second kappa shape index (κ2) is 5.11. The van der Waals surface area contributed by atoms with Crippen molar-refractivity contribution in [1.82, 2.24) is 14.8 Å². The molecule has 2 aromatic heterocycles. The number of halogens is 1. The molecule has 8 heteroatoms. The Morgan fingerprint density at radius 2 is 2.21 bits per heavy atom. The third kappa shape index (κ3) is 2.74. The molecule has 98 valence electrons. The second-order valence-electron chi connectivity index (χ2n) is 3.71. The summed E-state index contributed by atoms with van der Waals surface area (Å²) in [6.45, 7) is 0. The largest absolute Gasteiger partial charge is 0.389 e. The van der Waals surface area contributed by atoms with E-state index in [2.05, 4.69) is 15.4 Å². The monoisotopic (exact) mass is 279 g/mol. The van der Waals surface area contributed by atoms with Crippen LogP contribution in [0.25, 0.3) is 0 Å². The molecular formula is C11H10FN5OS. The molecule has 3 N–H and O–H groups in total. The Hall–Kier alpha value is -2.35. The van der Waals surface area contributed by atoms with Crippen LogP contribution in [0.1, 0.15) is 16.1 Å². The van der Waals surface area contributed by atoms with Crippen LogP contribution in [-0.4, -0.2) is 25.7 Å². The van der Waals surface area contributed by atoms with Crippen LogP contribution in [0.3, 0.4) is 0 Å². The number of carbonyl (C=O) groups excluding carboxylic acids is 1. The minimum absolute atomic E-state index is 0.0801. The van der Waals surface area contributed by atoms with E-state index in [0.29, 0.717) is 11.4 Å². The summed E-state index contributed by atoms with van der Waals surface area (Å²) in [5, 5.41) is 6.54. The van der Waals surface area contributed by atoms with Crippen molar-refractivity contribution in [3.8, 4) is 0 Å². The Labute approximate surface area is 113 Å². The molecule has 2 heterocycles. The van der Waals surface area contributed by atoms with Crippen molar-refractivity contribution in [2.45, 2.75) is 0 Å². The zero-order valence-corrected chi connectivity index (χ0v) is 10.7. The van der Waals surface area contributed by atoms with Crippen molar-refractivity contribution in [2.75, 3.05) is 5.32 Å². The van der Waals surface area contributed by atoms with Gasteiger partial charge < -0.3 is 11.1 Å². The van der Waals surface area contributed by atoms with E-state index >= 15 is 0 Å². The lowest BCUT2D eigenvalue weighted by molar-refractivity contribution is 0.102. The Kier molecular flexibility index (Phi) is 3.52. The van der Waals surface area contributed by atoms with Crippen LogP contribution >= 0.6 is 12.2 Å². The first-order valence-electron chi connectivity index (χ1n) is 5.23. The highest BCUT2D eigenvalue weighted by Crippen LogP contribution is 2.14. The summed E-state index contributed by atoms with van der Waals surface area (Å²) >= 11 is 4.86. The minimum Gasteiger partial charge on any atom is -0.389 e. The van der Waals surface area contributed by atoms with Crippen LogP contribution in [0.4, 0.5) is 10.2 Å². The number of pyridine rings is 1. The normalized spacial score (nSPS) is 10.2. The summed E-state index contributed by atoms with van der Waals surface area (Å²) in [7, 11) is 1.63. The number of anilines is 1. The summed E-state index contributed by atoms with van der Waals surface area (Å²) in [4.78, 5) is 15.7. The number of hydrogen-bond donors (Lipinski definition) is 2. The van der Waals surface area contributed by atoms with Gasteiger partial charge in [0.2, 0.25) is 0 Å². The average molecular weight is 279 g/mol. The summed E-state index contributed by atoms with van der Waals surface area (Å²) in [5.74, 6) is -0.648. The van der Waals surface area contributed by atoms with E-state index in [-0.39, 0.29) is 10.7 Å². The topological polar surface area (TPSA) is 85.8 Å². The van der Waals surface area contributed by atoms with E-state index in [1.807, 2.05) is 0 Å². The Morgan fingerprint density at radius 1 is 1.47 bits per heavy atom. The Morgan fingerprint density at radius 3 is 2.79 bits per heavy atom. The second-order valence-corrected chi connectivity index (χ2v) is 4.15. The van der Waals surface area contributed by atoms with Crippen LogP contribution in [0.2, 0.25) is 0 Å². The van der Waals surface area contributed by atoms with Crippen LogP contribution < -0.4 is 11.1 Å². The highest BCUT2D eigenvalue weighted by molar-refractivity contribution is 7.80. The Bertz CT molecular complexity index is 637. The van der Waals surface area contributed by atoms with Gasteiger partial charge in [0, 0.05) is 7.05 Å². The number of carbonyl (C=O) groups is 1. The third-order valence-corrected chi connectivity index (χ3v) is 2.62. The number of aryl methyl sites for hydroxylation is 1. The molecule has 0 saturated heterocycles. The van der Waals surface area contributed by atoms with Crippen molar-refractivity contribution in [3.05, 3.63) is 41.6 Å². The molecule has 0 bridgehead atoms. The molecule has 1 amide bonds. The number of thiocarbonyl (C=S) groups is 1. The molecule has 0 spiro atoms. The van der Waals surface area contributed by atoms with Gasteiger partial charge in [0.15, 0.2) is 0 Å². The number of rotatable bonds is 3. The van der Waals surface area contributed by atoms with Gasteiger partial charge in [-0.3, -0.25) is 9.48 Å². The van der Waals surface area contributed by atoms with E-state index in [1.165, 1.54) is 16.9 Å². The number of aromatic nitrogens is 3. The number of hydrogen-bond acceptors (Lipinski definition) is 4. The fourth-order valence-corrected chi connectivity index (χ4v) is 1.60. The summed E-state index contributed by atoms with van der Waals surface area (Å²) in [5.41, 5.74) is 6.06. The maximum Gasteiger partial charge on any atom is 0.275 e. The van der Waals surface area contributed by atoms with Gasteiger partial charge in [0.25, 0.3) is 5.91 Å². The molecular weight excluding hydrogens is 269 g/mol. The SMILES string of the molecule is Cn1ncc(C(N)=S)c1NC(=O)c1ccc(F)cn1. The summed E-state index contributed by atoms with van der Waals surface area (Å²) in [6, 6.07) is 2.43. The summed E-state index contributed by atoms with van der Waals surface area (Å²) in [6.07, 6.45) is 2.42. The first kappa shape index (κ1) is 13.1. The maximum absolute atomic E-state index is 12.7. The quantitative estimate of drug-likeness (QED) is 0.813. The van der Waals surface area contributed by atoms with Crippen LogP contribution in [0.5, 0.6) is 0 Å². The zero-order valence-electron chi connectivity index (χ0n) is 9.92. The molecule has 2 rings (SSSR count). The predicted octanol–water partition coefficient (Wildman–Crippen LogP) is 0.841. The molecule has 0 saturated carbocycles. The van der Waals surface area contributed by atoms with Crippen LogP contribution in [0, 0.1) is 5.82 Å². The molecule has 0 fully saturated rings. The third-order valence-electron chi connectivity index (χ3n) is 2.40. The Balaban J connectivity index is 2.26. The molecule has 0 aromatic carbocycles. The van der Waals surface area contributed by atoms with Crippen molar-refractivity contribution in [1.29, 1.82) is 0 Å². The van der Waals surface area contributed by atoms with Gasteiger partial charge in [-0.2, -0.15) is 5.10 Å². The molecule has 0 aliphatic carbocycles. The molecule has 19 heavy (non-hydrogen) atoms. The fourth-order valence-electron chi connectivity index (χ4n) is 1.45. The zero-order chi connectivity index (χ0) is 14.0. The molecule has 0 radical (unpaired) electrons. The van der Waals surface area contributed by atoms with Crippen LogP contribution in [0.15, 0.2) is 24.5 Å². The van der Waals surface area contributed by atoms with Gasteiger partial charge >= 0.3 is 0 Å². The van der Waals surface area contributed by atoms with E-state index in [0.717, 1.165) is 12.3 Å². The molecule has 6 nitrogen and oxygen atoms in total. The van der Waals surface area contributed by atoms with E-state index in [4.69, 9.17) is 18.0 Å². The predicted molar refractivity (Wildman–Crippen MR) is 71.2 cm³/mol. The average Bonchev–Trinajstić information content (AvgIpc) is 2.72. The maximum atomic E-state index is 12.7. The lowest BCUT2D eigenvalue weighted by Crippen LogP contribution is -2.19. The smallest absolute Gasteiger partial charge is 0.275 e. The van der Waals surface area contributed by atoms with Crippen molar-refractivity contribution < 1.29 is 9.18 Å². The fraction of sp³-hybridized carbons (Fsp3) is 0.0909. The molecule has 2 aromatic rings. The summed E-state index contributed by atoms with van der Waals surface area (Å²) < 4.78 is 14.1. The van der Waals surface area contributed by atoms with Gasteiger partial charge in [-0.15, -0.1) is 0 Å². The number of nitrogens with two attached hydrogens (primary N) is 1. The lowest BCUT2D eigenvalue weighted by atomic mass is 10.3. The van der Waals surface area contributed by atoms with Crippen LogP contribution in [-0.2, 0) is 7.05 Å². The van der Waals surface area contributed by atoms with Crippen molar-refractivity contribution in [2.24, 2.45) is 12.8 Å². The highest BCUT2D eigenvalue weighted by Gasteiger charge is 2.15. The standard InChI is InChI=1S/C11H10FN5OS/c1-17-10(7(5-15-17)9(13)19)16-11(18)8-3-2-6(12)4-14-8/h2-5H,1H3,(H2,13,19)(H,16,18). The first-order valence-corrected chi connectivity index (χ1v) is 5.64. The van der Waals surface area contributed by atoms with Gasteiger partial charge in [-0.05, 0) is 12.1 Å². The number of nitrogens with one attached hydrogen (secondary N) is 1. The van der Waals surface area contributed by atoms with E-state index in [1.54, 1.807) is 7.05 Å². The van der Waals surface area contributed by atoms with Gasteiger partial charge in [0.1, 0.15) is 22.3 Å². The first-order chi connectivity index (χ1) is 8.99. The highest BCUT2D eigenvalue weighted by atomic mass is 32.1. The van der Waals surface area contributed by atoms with Gasteiger partial charge in [-0.25, -0.2) is 9.37 Å². The van der Waals surface area contributed by atoms with E-state index < -0.39 is 11.7 Å². The number of nitrogens with zero attached hydrogens (tertiary/aromatic N) is 3. The van der Waals surface area contributed by atoms with Crippen molar-refractivity contribution in [3.63, 3.8) is 0 Å². The minimum atomic E-state index is -0.513. The van der Waals surface area contributed by atoms with Crippen molar-refractivity contribution >= 4 is 28.9 Å². The molecule has 0 unspecified atom stereocenters. The lowest BCUT2D eigenvalue weighted by Gasteiger charge is -2.07. The van der Waals surface area contributed by atoms with Gasteiger partial charge in [-0.1, -0.05) is 12.2 Å². The van der Waals surface area contributed by atoms with E-state index in [9.17, 15) is 9.18 Å². The van der Waals surface area contributed by atoms with Gasteiger partial charge in [0.05, 0.1) is 18.0 Å². The molecule has 0 atom stereocenters. The molecule has 0 aliphatic heterocycles. The number of amides is 1.